The van der Waals surface area contributed by atoms with Gasteiger partial charge in [-0.2, -0.15) is 0 Å². The molecule has 0 saturated heterocycles. The maximum Gasteiger partial charge on any atom is 0.261 e. The van der Waals surface area contributed by atoms with E-state index >= 15 is 0 Å². The number of carbonyl (C=O) groups is 1. The third-order valence-electron chi connectivity index (χ3n) is 3.43. The average molecular weight is 315 g/mol. The van der Waals surface area contributed by atoms with Crippen molar-refractivity contribution in [1.29, 1.82) is 0 Å². The zero-order valence-electron chi connectivity index (χ0n) is 10.8. The fraction of sp³-hybridized carbons (Fsp3) is 0.357. The van der Waals surface area contributed by atoms with E-state index in [0.717, 1.165) is 10.1 Å². The van der Waals surface area contributed by atoms with Gasteiger partial charge in [-0.15, -0.1) is 23.7 Å². The minimum atomic E-state index is -0.284. The first-order valence-corrected chi connectivity index (χ1v) is 7.18. The fourth-order valence-corrected chi connectivity index (χ4v) is 3.07. The van der Waals surface area contributed by atoms with Crippen LogP contribution in [0.5, 0.6) is 0 Å². The second kappa shape index (κ2) is 6.08. The van der Waals surface area contributed by atoms with Crippen LogP contribution in [0.25, 0.3) is 10.1 Å². The lowest BCUT2D eigenvalue weighted by Gasteiger charge is -2.10. The second-order valence-electron chi connectivity index (χ2n) is 5.00. The highest BCUT2D eigenvalue weighted by Gasteiger charge is 2.28. The number of rotatable bonds is 4. The average Bonchev–Trinajstić information content (AvgIpc) is 3.15. The van der Waals surface area contributed by atoms with Gasteiger partial charge < -0.3 is 11.1 Å². The zero-order valence-corrected chi connectivity index (χ0v) is 12.4. The van der Waals surface area contributed by atoms with Crippen molar-refractivity contribution in [2.75, 3.05) is 6.54 Å². The molecule has 108 valence electrons. The lowest BCUT2D eigenvalue weighted by molar-refractivity contribution is 0.0954. The Labute approximate surface area is 126 Å². The molecule has 20 heavy (non-hydrogen) atoms. The molecule has 6 heteroatoms. The molecule has 1 aromatic heterocycles. The number of thiophene rings is 1. The van der Waals surface area contributed by atoms with Crippen molar-refractivity contribution in [3.63, 3.8) is 0 Å². The van der Waals surface area contributed by atoms with Gasteiger partial charge in [0, 0.05) is 17.3 Å². The summed E-state index contributed by atoms with van der Waals surface area (Å²) < 4.78 is 14.0. The standard InChI is InChI=1S/C14H15FN2OS.ClH/c15-10-3-4-12-9(5-10)6-13(19-12)14(18)17-7-11(16)8-1-2-8;/h3-6,8,11H,1-2,7,16H2,(H,17,18);1H. The van der Waals surface area contributed by atoms with Gasteiger partial charge in [0.05, 0.1) is 4.88 Å². The van der Waals surface area contributed by atoms with Crippen molar-refractivity contribution in [2.24, 2.45) is 11.7 Å². The molecule has 1 aliphatic carbocycles. The third-order valence-corrected chi connectivity index (χ3v) is 4.54. The van der Waals surface area contributed by atoms with Gasteiger partial charge in [-0.3, -0.25) is 4.79 Å². The van der Waals surface area contributed by atoms with Crippen LogP contribution in [-0.2, 0) is 0 Å². The highest BCUT2D eigenvalue weighted by Crippen LogP contribution is 2.31. The Balaban J connectivity index is 0.00000147. The van der Waals surface area contributed by atoms with Gasteiger partial charge in [-0.25, -0.2) is 4.39 Å². The minimum absolute atomic E-state index is 0. The van der Waals surface area contributed by atoms with Crippen molar-refractivity contribution >= 4 is 39.7 Å². The fourth-order valence-electron chi connectivity index (χ4n) is 2.11. The van der Waals surface area contributed by atoms with Crippen molar-refractivity contribution in [3.05, 3.63) is 35.0 Å². The van der Waals surface area contributed by atoms with Crippen molar-refractivity contribution in [2.45, 2.75) is 18.9 Å². The Bertz CT molecular complexity index is 627. The Morgan fingerprint density at radius 1 is 1.45 bits per heavy atom. The quantitative estimate of drug-likeness (QED) is 0.911. The molecule has 1 atom stereocenters. The molecule has 0 aliphatic heterocycles. The van der Waals surface area contributed by atoms with Crippen LogP contribution in [0.4, 0.5) is 4.39 Å². The molecule has 0 bridgehead atoms. The van der Waals surface area contributed by atoms with E-state index in [1.807, 2.05) is 0 Å². The Kier molecular flexibility index (Phi) is 4.62. The van der Waals surface area contributed by atoms with Crippen LogP contribution >= 0.6 is 23.7 Å². The molecule has 3 rings (SSSR count). The smallest absolute Gasteiger partial charge is 0.261 e. The largest absolute Gasteiger partial charge is 0.350 e. The van der Waals surface area contributed by atoms with Crippen LogP contribution in [0.3, 0.4) is 0 Å². The van der Waals surface area contributed by atoms with Gasteiger partial charge in [0.15, 0.2) is 0 Å². The van der Waals surface area contributed by atoms with Gasteiger partial charge in [0.2, 0.25) is 0 Å². The molecule has 1 fully saturated rings. The van der Waals surface area contributed by atoms with Crippen molar-refractivity contribution in [1.82, 2.24) is 5.32 Å². The molecule has 1 saturated carbocycles. The van der Waals surface area contributed by atoms with Crippen molar-refractivity contribution in [3.8, 4) is 0 Å². The summed E-state index contributed by atoms with van der Waals surface area (Å²) in [5.74, 6) is 0.155. The molecule has 1 heterocycles. The van der Waals surface area contributed by atoms with E-state index in [1.54, 1.807) is 12.1 Å². The lowest BCUT2D eigenvalue weighted by atomic mass is 10.2. The maximum absolute atomic E-state index is 13.1. The number of fused-ring (bicyclic) bond motifs is 1. The summed E-state index contributed by atoms with van der Waals surface area (Å²) in [6, 6.07) is 6.32. The molecular formula is C14H16ClFN2OS. The second-order valence-corrected chi connectivity index (χ2v) is 6.09. The molecule has 1 aromatic carbocycles. The van der Waals surface area contributed by atoms with E-state index in [4.69, 9.17) is 5.73 Å². The van der Waals surface area contributed by atoms with Gasteiger partial charge in [0.25, 0.3) is 5.91 Å². The van der Waals surface area contributed by atoms with Gasteiger partial charge in [-0.05, 0) is 48.4 Å². The zero-order chi connectivity index (χ0) is 13.4. The Morgan fingerprint density at radius 3 is 2.90 bits per heavy atom. The molecular weight excluding hydrogens is 299 g/mol. The number of nitrogens with two attached hydrogens (primary N) is 1. The summed E-state index contributed by atoms with van der Waals surface area (Å²) in [4.78, 5) is 12.6. The molecule has 3 N–H and O–H groups in total. The number of hydrogen-bond donors (Lipinski definition) is 2. The predicted molar refractivity (Wildman–Crippen MR) is 82.1 cm³/mol. The van der Waals surface area contributed by atoms with E-state index in [0.29, 0.717) is 17.3 Å². The van der Waals surface area contributed by atoms with Crippen LogP contribution in [0.1, 0.15) is 22.5 Å². The topological polar surface area (TPSA) is 55.1 Å². The minimum Gasteiger partial charge on any atom is -0.350 e. The van der Waals surface area contributed by atoms with Gasteiger partial charge >= 0.3 is 0 Å². The summed E-state index contributed by atoms with van der Waals surface area (Å²) in [6.07, 6.45) is 2.33. The molecule has 2 aromatic rings. The van der Waals surface area contributed by atoms with E-state index in [2.05, 4.69) is 5.32 Å². The summed E-state index contributed by atoms with van der Waals surface area (Å²) >= 11 is 1.37. The van der Waals surface area contributed by atoms with Crippen molar-refractivity contribution < 1.29 is 9.18 Å². The van der Waals surface area contributed by atoms with Gasteiger partial charge in [0.1, 0.15) is 5.82 Å². The van der Waals surface area contributed by atoms with E-state index < -0.39 is 0 Å². The van der Waals surface area contributed by atoms with Crippen LogP contribution in [0, 0.1) is 11.7 Å². The highest BCUT2D eigenvalue weighted by atomic mass is 35.5. The third kappa shape index (κ3) is 3.29. The van der Waals surface area contributed by atoms with Gasteiger partial charge in [-0.1, -0.05) is 0 Å². The molecule has 1 unspecified atom stereocenters. The normalized spacial score (nSPS) is 15.7. The number of carbonyl (C=O) groups excluding carboxylic acids is 1. The molecule has 1 amide bonds. The number of halogens is 2. The first-order chi connectivity index (χ1) is 9.13. The maximum atomic E-state index is 13.1. The highest BCUT2D eigenvalue weighted by molar-refractivity contribution is 7.20. The predicted octanol–water partition coefficient (Wildman–Crippen LogP) is 2.93. The molecule has 3 nitrogen and oxygen atoms in total. The van der Waals surface area contributed by atoms with Crippen LogP contribution < -0.4 is 11.1 Å². The number of nitrogens with one attached hydrogen (secondary N) is 1. The van der Waals surface area contributed by atoms with E-state index in [-0.39, 0.29) is 30.2 Å². The molecule has 0 spiro atoms. The SMILES string of the molecule is Cl.NC(CNC(=O)c1cc2cc(F)ccc2s1)C1CC1. The number of amides is 1. The van der Waals surface area contributed by atoms with Crippen LogP contribution in [-0.4, -0.2) is 18.5 Å². The number of benzene rings is 1. The summed E-state index contributed by atoms with van der Waals surface area (Å²) in [7, 11) is 0. The summed E-state index contributed by atoms with van der Waals surface area (Å²) in [5, 5.41) is 3.61. The van der Waals surface area contributed by atoms with E-state index in [9.17, 15) is 9.18 Å². The molecule has 1 aliphatic rings. The summed E-state index contributed by atoms with van der Waals surface area (Å²) in [6.45, 7) is 0.506. The Hall–Kier alpha value is -1.17. The lowest BCUT2D eigenvalue weighted by Crippen LogP contribution is -2.38. The van der Waals surface area contributed by atoms with Crippen LogP contribution in [0.2, 0.25) is 0 Å². The van der Waals surface area contributed by atoms with Crippen LogP contribution in [0.15, 0.2) is 24.3 Å². The summed E-state index contributed by atoms with van der Waals surface area (Å²) in [5.41, 5.74) is 5.94. The molecule has 0 radical (unpaired) electrons. The number of hydrogen-bond acceptors (Lipinski definition) is 3. The van der Waals surface area contributed by atoms with E-state index in [1.165, 1.54) is 36.3 Å². The monoisotopic (exact) mass is 314 g/mol. The Morgan fingerprint density at radius 2 is 2.20 bits per heavy atom. The first kappa shape index (κ1) is 15.2. The first-order valence-electron chi connectivity index (χ1n) is 6.36.